The molecule has 1 amide bonds. The lowest BCUT2D eigenvalue weighted by atomic mass is 10.1. The van der Waals surface area contributed by atoms with Crippen LogP contribution in [0.15, 0.2) is 30.3 Å². The molecule has 21 heavy (non-hydrogen) atoms. The number of carbonyl (C=O) groups is 1. The van der Waals surface area contributed by atoms with E-state index in [1.165, 1.54) is 5.56 Å². The van der Waals surface area contributed by atoms with Gasteiger partial charge in [0.05, 0.1) is 11.5 Å². The molecule has 1 fully saturated rings. The molecule has 0 aliphatic carbocycles. The number of nitrogens with one attached hydrogen (secondary N) is 1. The van der Waals surface area contributed by atoms with Crippen molar-refractivity contribution in [1.82, 2.24) is 10.2 Å². The van der Waals surface area contributed by atoms with E-state index in [1.54, 1.807) is 11.9 Å². The van der Waals surface area contributed by atoms with E-state index < -0.39 is 9.84 Å². The van der Waals surface area contributed by atoms with Gasteiger partial charge in [-0.1, -0.05) is 30.3 Å². The lowest BCUT2D eigenvalue weighted by Gasteiger charge is -2.25. The van der Waals surface area contributed by atoms with Gasteiger partial charge in [-0.2, -0.15) is 0 Å². The summed E-state index contributed by atoms with van der Waals surface area (Å²) >= 11 is 0. The first-order valence-corrected chi connectivity index (χ1v) is 9.00. The fourth-order valence-corrected chi connectivity index (χ4v) is 3.88. The second-order valence-electron chi connectivity index (χ2n) is 5.52. The maximum absolute atomic E-state index is 12.1. The fourth-order valence-electron chi connectivity index (χ4n) is 2.43. The topological polar surface area (TPSA) is 66.5 Å². The Kier molecular flexibility index (Phi) is 5.36. The van der Waals surface area contributed by atoms with Gasteiger partial charge in [0, 0.05) is 32.6 Å². The molecule has 1 aromatic carbocycles. The zero-order chi connectivity index (χ0) is 15.3. The third-order valence-electron chi connectivity index (χ3n) is 3.73. The van der Waals surface area contributed by atoms with Crippen LogP contribution in [0.4, 0.5) is 0 Å². The van der Waals surface area contributed by atoms with Crippen LogP contribution in [0.5, 0.6) is 0 Å². The van der Waals surface area contributed by atoms with E-state index in [2.05, 4.69) is 5.32 Å². The van der Waals surface area contributed by atoms with Gasteiger partial charge in [0.2, 0.25) is 5.91 Å². The molecule has 0 radical (unpaired) electrons. The second-order valence-corrected chi connectivity index (χ2v) is 7.75. The highest BCUT2D eigenvalue weighted by Gasteiger charge is 2.26. The summed E-state index contributed by atoms with van der Waals surface area (Å²) in [5.74, 6) is 0.216. The van der Waals surface area contributed by atoms with Gasteiger partial charge >= 0.3 is 0 Å². The first kappa shape index (κ1) is 16.0. The van der Waals surface area contributed by atoms with Crippen molar-refractivity contribution in [2.24, 2.45) is 0 Å². The van der Waals surface area contributed by atoms with Gasteiger partial charge in [-0.25, -0.2) is 8.42 Å². The number of hydrogen-bond acceptors (Lipinski definition) is 4. The Morgan fingerprint density at radius 3 is 2.71 bits per heavy atom. The molecule has 1 saturated heterocycles. The van der Waals surface area contributed by atoms with Gasteiger partial charge in [-0.05, 0) is 12.0 Å². The maximum atomic E-state index is 12.1. The highest BCUT2D eigenvalue weighted by Crippen LogP contribution is 2.07. The molecule has 116 valence electrons. The van der Waals surface area contributed by atoms with Gasteiger partial charge < -0.3 is 10.2 Å². The molecule has 0 bridgehead atoms. The minimum absolute atomic E-state index is 0.0134. The summed E-state index contributed by atoms with van der Waals surface area (Å²) in [6.45, 7) is 1.08. The lowest BCUT2D eigenvalue weighted by molar-refractivity contribution is -0.130. The van der Waals surface area contributed by atoms with E-state index in [1.807, 2.05) is 30.3 Å². The Morgan fingerprint density at radius 2 is 2.05 bits per heavy atom. The Morgan fingerprint density at radius 1 is 1.33 bits per heavy atom. The summed E-state index contributed by atoms with van der Waals surface area (Å²) in [5, 5.41) is 3.11. The molecule has 1 aliphatic heterocycles. The Bertz CT molecular complexity index is 572. The molecule has 1 unspecified atom stereocenters. The summed E-state index contributed by atoms with van der Waals surface area (Å²) < 4.78 is 23.1. The molecule has 0 aromatic heterocycles. The number of benzene rings is 1. The van der Waals surface area contributed by atoms with Gasteiger partial charge in [0.15, 0.2) is 9.84 Å². The highest BCUT2D eigenvalue weighted by atomic mass is 32.2. The van der Waals surface area contributed by atoms with E-state index in [9.17, 15) is 13.2 Å². The summed E-state index contributed by atoms with van der Waals surface area (Å²) in [5.41, 5.74) is 1.19. The number of likely N-dealkylation sites (N-methyl/N-ethyl adjacent to an activating group) is 1. The van der Waals surface area contributed by atoms with Gasteiger partial charge in [-0.3, -0.25) is 4.79 Å². The van der Waals surface area contributed by atoms with Crippen LogP contribution in [0.1, 0.15) is 12.0 Å². The van der Waals surface area contributed by atoms with Crippen LogP contribution in [0.3, 0.4) is 0 Å². The molecule has 1 aliphatic rings. The average molecular weight is 310 g/mol. The molecule has 0 spiro atoms. The van der Waals surface area contributed by atoms with Crippen LogP contribution in [0, 0.1) is 0 Å². The summed E-state index contributed by atoms with van der Waals surface area (Å²) in [4.78, 5) is 13.8. The quantitative estimate of drug-likeness (QED) is 0.858. The zero-order valence-electron chi connectivity index (χ0n) is 12.3. The number of carbonyl (C=O) groups excluding carboxylic acids is 1. The lowest BCUT2D eigenvalue weighted by Crippen LogP contribution is -2.47. The first-order chi connectivity index (χ1) is 9.96. The van der Waals surface area contributed by atoms with Crippen molar-refractivity contribution in [3.05, 3.63) is 35.9 Å². The number of rotatable bonds is 5. The SMILES string of the molecule is CN(CCc1ccccc1)C(=O)CC1CS(=O)(=O)CCN1. The van der Waals surface area contributed by atoms with Crippen molar-refractivity contribution in [2.45, 2.75) is 18.9 Å². The van der Waals surface area contributed by atoms with E-state index in [0.717, 1.165) is 6.42 Å². The van der Waals surface area contributed by atoms with Crippen molar-refractivity contribution in [1.29, 1.82) is 0 Å². The van der Waals surface area contributed by atoms with Gasteiger partial charge in [0.1, 0.15) is 0 Å². The standard InChI is InChI=1S/C15H22N2O3S/c1-17(9-7-13-5-3-2-4-6-13)15(18)11-14-12-21(19,20)10-8-16-14/h2-6,14,16H,7-12H2,1H3. The number of hydrogen-bond donors (Lipinski definition) is 1. The molecule has 6 heteroatoms. The summed E-state index contributed by atoms with van der Waals surface area (Å²) in [6.07, 6.45) is 1.05. The Balaban J connectivity index is 1.80. The number of sulfone groups is 1. The largest absolute Gasteiger partial charge is 0.345 e. The molecule has 1 N–H and O–H groups in total. The zero-order valence-corrected chi connectivity index (χ0v) is 13.1. The minimum Gasteiger partial charge on any atom is -0.345 e. The van der Waals surface area contributed by atoms with Crippen LogP contribution in [0.2, 0.25) is 0 Å². The van der Waals surface area contributed by atoms with Crippen molar-refractivity contribution >= 4 is 15.7 Å². The van der Waals surface area contributed by atoms with Crippen LogP contribution in [-0.2, 0) is 21.1 Å². The third kappa shape index (κ3) is 5.13. The van der Waals surface area contributed by atoms with E-state index >= 15 is 0 Å². The van der Waals surface area contributed by atoms with Gasteiger partial charge in [-0.15, -0.1) is 0 Å². The monoisotopic (exact) mass is 310 g/mol. The minimum atomic E-state index is -2.99. The summed E-state index contributed by atoms with van der Waals surface area (Å²) in [6, 6.07) is 9.74. The Hall–Kier alpha value is -1.40. The van der Waals surface area contributed by atoms with Crippen molar-refractivity contribution in [2.75, 3.05) is 31.6 Å². The fraction of sp³-hybridized carbons (Fsp3) is 0.533. The Labute approximate surface area is 126 Å². The van der Waals surface area contributed by atoms with Crippen molar-refractivity contribution in [3.63, 3.8) is 0 Å². The first-order valence-electron chi connectivity index (χ1n) is 7.18. The van der Waals surface area contributed by atoms with Crippen LogP contribution in [-0.4, -0.2) is 56.9 Å². The molecular formula is C15H22N2O3S. The van der Waals surface area contributed by atoms with Crippen LogP contribution in [0.25, 0.3) is 0 Å². The number of nitrogens with zero attached hydrogens (tertiary/aromatic N) is 1. The van der Waals surface area contributed by atoms with Crippen molar-refractivity contribution < 1.29 is 13.2 Å². The molecule has 0 saturated carbocycles. The number of amides is 1. The van der Waals surface area contributed by atoms with Gasteiger partial charge in [0.25, 0.3) is 0 Å². The smallest absolute Gasteiger partial charge is 0.223 e. The highest BCUT2D eigenvalue weighted by molar-refractivity contribution is 7.91. The molecule has 1 heterocycles. The molecule has 2 rings (SSSR count). The van der Waals surface area contributed by atoms with Crippen molar-refractivity contribution in [3.8, 4) is 0 Å². The average Bonchev–Trinajstić information content (AvgIpc) is 2.44. The maximum Gasteiger partial charge on any atom is 0.223 e. The van der Waals surface area contributed by atoms with Crippen LogP contribution < -0.4 is 5.32 Å². The summed E-state index contributed by atoms with van der Waals surface area (Å²) in [7, 11) is -1.23. The van der Waals surface area contributed by atoms with Crippen LogP contribution >= 0.6 is 0 Å². The second kappa shape index (κ2) is 7.04. The van der Waals surface area contributed by atoms with E-state index in [0.29, 0.717) is 13.1 Å². The predicted octanol–water partition coefficient (Wildman–Crippen LogP) is 0.464. The predicted molar refractivity (Wildman–Crippen MR) is 82.8 cm³/mol. The molecule has 1 aromatic rings. The normalized spacial score (nSPS) is 20.9. The molecular weight excluding hydrogens is 288 g/mol. The van der Waals surface area contributed by atoms with E-state index in [4.69, 9.17) is 0 Å². The van der Waals surface area contributed by atoms with E-state index in [-0.39, 0.29) is 29.9 Å². The third-order valence-corrected chi connectivity index (χ3v) is 5.46. The molecule has 5 nitrogen and oxygen atoms in total. The molecule has 1 atom stereocenters.